The summed E-state index contributed by atoms with van der Waals surface area (Å²) in [6.45, 7) is 0.928. The highest BCUT2D eigenvalue weighted by molar-refractivity contribution is 5.95. The number of carbonyl (C=O) groups is 2. The fraction of sp³-hybridized carbons (Fsp3) is 0.263. The monoisotopic (exact) mass is 309 g/mol. The van der Waals surface area contributed by atoms with Crippen LogP contribution in [-0.4, -0.2) is 35.0 Å². The highest BCUT2D eigenvalue weighted by Crippen LogP contribution is 2.22. The third-order valence-electron chi connectivity index (χ3n) is 4.30. The van der Waals surface area contributed by atoms with Gasteiger partial charge in [0.2, 0.25) is 0 Å². The largest absolute Gasteiger partial charge is 0.481 e. The first-order valence-corrected chi connectivity index (χ1v) is 7.83. The normalized spacial score (nSPS) is 17.7. The van der Waals surface area contributed by atoms with Gasteiger partial charge in [0.1, 0.15) is 0 Å². The van der Waals surface area contributed by atoms with E-state index in [1.165, 1.54) is 0 Å². The maximum absolute atomic E-state index is 12.5. The van der Waals surface area contributed by atoms with Crippen molar-refractivity contribution in [3.8, 4) is 11.1 Å². The third kappa shape index (κ3) is 3.42. The van der Waals surface area contributed by atoms with Crippen LogP contribution < -0.4 is 0 Å². The van der Waals surface area contributed by atoms with Gasteiger partial charge in [-0.3, -0.25) is 9.59 Å². The molecule has 1 atom stereocenters. The molecule has 1 heterocycles. The predicted molar refractivity (Wildman–Crippen MR) is 88.1 cm³/mol. The topological polar surface area (TPSA) is 57.6 Å². The number of carboxylic acids is 1. The number of amides is 1. The maximum Gasteiger partial charge on any atom is 0.308 e. The molecule has 2 aromatic carbocycles. The SMILES string of the molecule is O=C(O)C1CCCN(C(=O)c2ccc(-c3ccccc3)cc2)C1. The summed E-state index contributed by atoms with van der Waals surface area (Å²) in [7, 11) is 0. The van der Waals surface area contributed by atoms with Crippen molar-refractivity contribution in [1.29, 1.82) is 0 Å². The Morgan fingerprint density at radius 2 is 1.61 bits per heavy atom. The van der Waals surface area contributed by atoms with Gasteiger partial charge in [-0.1, -0.05) is 42.5 Å². The summed E-state index contributed by atoms with van der Waals surface area (Å²) in [5.41, 5.74) is 2.77. The van der Waals surface area contributed by atoms with Crippen LogP contribution in [0.2, 0.25) is 0 Å². The summed E-state index contributed by atoms with van der Waals surface area (Å²) < 4.78 is 0. The van der Waals surface area contributed by atoms with Gasteiger partial charge >= 0.3 is 5.97 Å². The quantitative estimate of drug-likeness (QED) is 0.946. The van der Waals surface area contributed by atoms with Crippen LogP contribution in [-0.2, 0) is 4.79 Å². The zero-order valence-electron chi connectivity index (χ0n) is 12.8. The lowest BCUT2D eigenvalue weighted by atomic mass is 9.97. The minimum Gasteiger partial charge on any atom is -0.481 e. The second-order valence-corrected chi connectivity index (χ2v) is 5.87. The molecule has 1 fully saturated rings. The van der Waals surface area contributed by atoms with Crippen LogP contribution in [0.5, 0.6) is 0 Å². The maximum atomic E-state index is 12.5. The van der Waals surface area contributed by atoms with E-state index in [2.05, 4.69) is 0 Å². The average Bonchev–Trinajstić information content (AvgIpc) is 2.62. The standard InChI is InChI=1S/C19H19NO3/c21-18(20-12-4-7-17(13-20)19(22)23)16-10-8-15(9-11-16)14-5-2-1-3-6-14/h1-3,5-6,8-11,17H,4,7,12-13H2,(H,22,23). The van der Waals surface area contributed by atoms with Crippen molar-refractivity contribution in [1.82, 2.24) is 4.90 Å². The Morgan fingerprint density at radius 3 is 2.26 bits per heavy atom. The van der Waals surface area contributed by atoms with Crippen molar-refractivity contribution in [2.75, 3.05) is 13.1 Å². The van der Waals surface area contributed by atoms with Gasteiger partial charge in [-0.2, -0.15) is 0 Å². The lowest BCUT2D eigenvalue weighted by molar-refractivity contribution is -0.143. The zero-order valence-corrected chi connectivity index (χ0v) is 12.8. The summed E-state index contributed by atoms with van der Waals surface area (Å²) in [6, 6.07) is 17.5. The summed E-state index contributed by atoms with van der Waals surface area (Å²) in [5.74, 6) is -1.35. The van der Waals surface area contributed by atoms with Crippen molar-refractivity contribution in [3.05, 3.63) is 60.2 Å². The first-order chi connectivity index (χ1) is 11.1. The van der Waals surface area contributed by atoms with Gasteiger partial charge in [-0.15, -0.1) is 0 Å². The van der Waals surface area contributed by atoms with E-state index in [0.29, 0.717) is 25.1 Å². The van der Waals surface area contributed by atoms with Crippen LogP contribution >= 0.6 is 0 Å². The molecule has 4 nitrogen and oxygen atoms in total. The van der Waals surface area contributed by atoms with Crippen LogP contribution in [0.25, 0.3) is 11.1 Å². The number of piperidine rings is 1. The van der Waals surface area contributed by atoms with Gasteiger partial charge in [0.15, 0.2) is 0 Å². The van der Waals surface area contributed by atoms with E-state index >= 15 is 0 Å². The molecule has 1 aliphatic heterocycles. The lowest BCUT2D eigenvalue weighted by Crippen LogP contribution is -2.42. The Labute approximate surface area is 135 Å². The molecule has 1 N–H and O–H groups in total. The van der Waals surface area contributed by atoms with Gasteiger partial charge in [0, 0.05) is 18.7 Å². The number of hydrogen-bond donors (Lipinski definition) is 1. The first kappa shape index (κ1) is 15.3. The molecule has 0 bridgehead atoms. The first-order valence-electron chi connectivity index (χ1n) is 7.83. The van der Waals surface area contributed by atoms with E-state index < -0.39 is 11.9 Å². The Kier molecular flexibility index (Phi) is 4.42. The minimum absolute atomic E-state index is 0.0874. The van der Waals surface area contributed by atoms with E-state index in [9.17, 15) is 9.59 Å². The molecule has 0 radical (unpaired) electrons. The van der Waals surface area contributed by atoms with Gasteiger partial charge in [-0.05, 0) is 36.1 Å². The van der Waals surface area contributed by atoms with Gasteiger partial charge in [0.05, 0.1) is 5.92 Å². The molecule has 4 heteroatoms. The highest BCUT2D eigenvalue weighted by atomic mass is 16.4. The fourth-order valence-corrected chi connectivity index (χ4v) is 2.98. The molecular formula is C19H19NO3. The fourth-order valence-electron chi connectivity index (χ4n) is 2.98. The van der Waals surface area contributed by atoms with Crippen molar-refractivity contribution >= 4 is 11.9 Å². The predicted octanol–water partition coefficient (Wildman–Crippen LogP) is 3.29. The Morgan fingerprint density at radius 1 is 0.957 bits per heavy atom. The number of hydrogen-bond acceptors (Lipinski definition) is 2. The lowest BCUT2D eigenvalue weighted by Gasteiger charge is -2.30. The molecule has 3 rings (SSSR count). The molecule has 0 aromatic heterocycles. The summed E-state index contributed by atoms with van der Waals surface area (Å²) in [5, 5.41) is 9.13. The Balaban J connectivity index is 1.74. The summed E-state index contributed by atoms with van der Waals surface area (Å²) >= 11 is 0. The van der Waals surface area contributed by atoms with Crippen LogP contribution in [0, 0.1) is 5.92 Å². The molecule has 1 amide bonds. The van der Waals surface area contributed by atoms with Crippen LogP contribution in [0.1, 0.15) is 23.2 Å². The smallest absolute Gasteiger partial charge is 0.308 e. The van der Waals surface area contributed by atoms with Gasteiger partial charge in [-0.25, -0.2) is 0 Å². The summed E-state index contributed by atoms with van der Waals surface area (Å²) in [6.07, 6.45) is 1.39. The molecule has 0 saturated carbocycles. The molecular weight excluding hydrogens is 290 g/mol. The van der Waals surface area contributed by atoms with E-state index in [4.69, 9.17) is 5.11 Å². The second-order valence-electron chi connectivity index (χ2n) is 5.87. The number of likely N-dealkylation sites (tertiary alicyclic amines) is 1. The highest BCUT2D eigenvalue weighted by Gasteiger charge is 2.28. The number of carboxylic acid groups (broad SMARTS) is 1. The number of rotatable bonds is 3. The van der Waals surface area contributed by atoms with Gasteiger partial charge in [0.25, 0.3) is 5.91 Å². The number of aliphatic carboxylic acids is 1. The molecule has 23 heavy (non-hydrogen) atoms. The van der Waals surface area contributed by atoms with Crippen LogP contribution in [0.15, 0.2) is 54.6 Å². The summed E-state index contributed by atoms with van der Waals surface area (Å²) in [4.78, 5) is 25.3. The Hall–Kier alpha value is -2.62. The number of nitrogens with zero attached hydrogens (tertiary/aromatic N) is 1. The Bertz CT molecular complexity index is 694. The van der Waals surface area contributed by atoms with E-state index in [-0.39, 0.29) is 5.91 Å². The van der Waals surface area contributed by atoms with Gasteiger partial charge < -0.3 is 10.0 Å². The molecule has 118 valence electrons. The van der Waals surface area contributed by atoms with E-state index in [0.717, 1.165) is 17.5 Å². The minimum atomic E-state index is -0.818. The molecule has 1 aliphatic rings. The zero-order chi connectivity index (χ0) is 16.2. The van der Waals surface area contributed by atoms with Crippen molar-refractivity contribution in [3.63, 3.8) is 0 Å². The van der Waals surface area contributed by atoms with Crippen LogP contribution in [0.4, 0.5) is 0 Å². The molecule has 2 aromatic rings. The average molecular weight is 309 g/mol. The van der Waals surface area contributed by atoms with E-state index in [1.54, 1.807) is 4.90 Å². The van der Waals surface area contributed by atoms with Crippen molar-refractivity contribution in [2.45, 2.75) is 12.8 Å². The number of carbonyl (C=O) groups excluding carboxylic acids is 1. The van der Waals surface area contributed by atoms with Crippen molar-refractivity contribution < 1.29 is 14.7 Å². The molecule has 1 unspecified atom stereocenters. The molecule has 1 saturated heterocycles. The number of benzene rings is 2. The molecule has 0 spiro atoms. The van der Waals surface area contributed by atoms with Crippen molar-refractivity contribution in [2.24, 2.45) is 5.92 Å². The van der Waals surface area contributed by atoms with Crippen LogP contribution in [0.3, 0.4) is 0 Å². The third-order valence-corrected chi connectivity index (χ3v) is 4.30. The van der Waals surface area contributed by atoms with E-state index in [1.807, 2.05) is 54.6 Å². The molecule has 0 aliphatic carbocycles. The second kappa shape index (κ2) is 6.65.